The molecule has 0 atom stereocenters. The molecule has 1 aromatic rings. The monoisotopic (exact) mass is 297 g/mol. The lowest BCUT2D eigenvalue weighted by Gasteiger charge is -2.22. The predicted octanol–water partition coefficient (Wildman–Crippen LogP) is 1.75. The number of benzene rings is 1. The third-order valence-electron chi connectivity index (χ3n) is 3.68. The van der Waals surface area contributed by atoms with Crippen LogP contribution in [0.5, 0.6) is 11.5 Å². The average molecular weight is 297 g/mol. The second-order valence-electron chi connectivity index (χ2n) is 5.02. The fraction of sp³-hybridized carbons (Fsp3) is 0.600. The zero-order chi connectivity index (χ0) is 14.4. The molecule has 0 bridgehead atoms. The molecule has 0 radical (unpaired) electrons. The molecule has 2 rings (SSSR count). The van der Waals surface area contributed by atoms with E-state index < -0.39 is 10.8 Å². The van der Waals surface area contributed by atoms with Crippen LogP contribution in [0.25, 0.3) is 0 Å². The quantitative estimate of drug-likeness (QED) is 0.869. The summed E-state index contributed by atoms with van der Waals surface area (Å²) >= 11 is 0. The highest BCUT2D eigenvalue weighted by atomic mass is 32.2. The highest BCUT2D eigenvalue weighted by Crippen LogP contribution is 2.27. The van der Waals surface area contributed by atoms with Gasteiger partial charge in [-0.05, 0) is 43.5 Å². The minimum absolute atomic E-state index is 0.521. The first-order valence-corrected chi connectivity index (χ1v) is 8.51. The lowest BCUT2D eigenvalue weighted by Crippen LogP contribution is -2.36. The maximum atomic E-state index is 11.3. The van der Waals surface area contributed by atoms with Gasteiger partial charge >= 0.3 is 0 Å². The van der Waals surface area contributed by atoms with Gasteiger partial charge in [-0.25, -0.2) is 0 Å². The number of hydrogen-bond donors (Lipinski definition) is 1. The maximum Gasteiger partial charge on any atom is 0.160 e. The van der Waals surface area contributed by atoms with Crippen LogP contribution in [0.2, 0.25) is 0 Å². The number of rotatable bonds is 6. The van der Waals surface area contributed by atoms with Crippen LogP contribution < -0.4 is 14.8 Å². The SMILES string of the molecule is COc1ccc(CCNC2CCS(=O)CC2)cc1OC. The minimum atomic E-state index is -0.581. The zero-order valence-electron chi connectivity index (χ0n) is 12.2. The van der Waals surface area contributed by atoms with Gasteiger partial charge in [-0.2, -0.15) is 0 Å². The third kappa shape index (κ3) is 4.21. The summed E-state index contributed by atoms with van der Waals surface area (Å²) in [6.45, 7) is 0.937. The van der Waals surface area contributed by atoms with Crippen LogP contribution >= 0.6 is 0 Å². The van der Waals surface area contributed by atoms with E-state index in [0.29, 0.717) is 6.04 Å². The molecule has 0 amide bonds. The van der Waals surface area contributed by atoms with Gasteiger partial charge < -0.3 is 14.8 Å². The Balaban J connectivity index is 1.80. The van der Waals surface area contributed by atoms with Crippen molar-refractivity contribution in [2.24, 2.45) is 0 Å². The summed E-state index contributed by atoms with van der Waals surface area (Å²) in [5, 5.41) is 3.55. The fourth-order valence-electron chi connectivity index (χ4n) is 2.45. The Morgan fingerprint density at radius 1 is 1.20 bits per heavy atom. The second kappa shape index (κ2) is 7.64. The van der Waals surface area contributed by atoms with E-state index in [1.165, 1.54) is 5.56 Å². The molecule has 1 saturated heterocycles. The molecule has 1 heterocycles. The van der Waals surface area contributed by atoms with Gasteiger partial charge in [0.05, 0.1) is 14.2 Å². The van der Waals surface area contributed by atoms with Crippen molar-refractivity contribution >= 4 is 10.8 Å². The van der Waals surface area contributed by atoms with E-state index in [2.05, 4.69) is 11.4 Å². The van der Waals surface area contributed by atoms with E-state index in [1.807, 2.05) is 12.1 Å². The van der Waals surface area contributed by atoms with Gasteiger partial charge in [0, 0.05) is 28.3 Å². The Morgan fingerprint density at radius 2 is 1.90 bits per heavy atom. The van der Waals surface area contributed by atoms with E-state index in [4.69, 9.17) is 9.47 Å². The topological polar surface area (TPSA) is 47.6 Å². The van der Waals surface area contributed by atoms with Gasteiger partial charge in [-0.1, -0.05) is 6.07 Å². The number of methoxy groups -OCH3 is 2. The number of ether oxygens (including phenoxy) is 2. The Hall–Kier alpha value is -1.07. The number of nitrogens with one attached hydrogen (secondary N) is 1. The van der Waals surface area contributed by atoms with Gasteiger partial charge in [0.25, 0.3) is 0 Å². The van der Waals surface area contributed by atoms with Gasteiger partial charge in [0.15, 0.2) is 11.5 Å². The summed E-state index contributed by atoms with van der Waals surface area (Å²) in [4.78, 5) is 0. The van der Waals surface area contributed by atoms with Crippen molar-refractivity contribution in [1.82, 2.24) is 5.32 Å². The third-order valence-corrected chi connectivity index (χ3v) is 5.06. The molecule has 0 aliphatic carbocycles. The van der Waals surface area contributed by atoms with Crippen molar-refractivity contribution in [3.8, 4) is 11.5 Å². The average Bonchev–Trinajstić information content (AvgIpc) is 2.49. The van der Waals surface area contributed by atoms with Gasteiger partial charge in [-0.3, -0.25) is 4.21 Å². The molecule has 0 aromatic heterocycles. The normalized spacial score (nSPS) is 22.5. The largest absolute Gasteiger partial charge is 0.493 e. The first-order chi connectivity index (χ1) is 9.72. The van der Waals surface area contributed by atoms with Crippen LogP contribution in [-0.2, 0) is 17.2 Å². The first kappa shape index (κ1) is 15.3. The predicted molar refractivity (Wildman–Crippen MR) is 82.2 cm³/mol. The number of hydrogen-bond acceptors (Lipinski definition) is 4. The van der Waals surface area contributed by atoms with Gasteiger partial charge in [0.1, 0.15) is 0 Å². The lowest BCUT2D eigenvalue weighted by molar-refractivity contribution is 0.354. The molecular formula is C15H23NO3S. The van der Waals surface area contributed by atoms with Crippen molar-refractivity contribution < 1.29 is 13.7 Å². The molecule has 4 nitrogen and oxygen atoms in total. The lowest BCUT2D eigenvalue weighted by atomic mass is 10.1. The highest BCUT2D eigenvalue weighted by Gasteiger charge is 2.16. The molecule has 1 fully saturated rings. The minimum Gasteiger partial charge on any atom is -0.493 e. The van der Waals surface area contributed by atoms with Crippen molar-refractivity contribution in [2.45, 2.75) is 25.3 Å². The summed E-state index contributed by atoms with van der Waals surface area (Å²) in [6.07, 6.45) is 3.01. The Bertz CT molecular complexity index is 454. The second-order valence-corrected chi connectivity index (χ2v) is 6.71. The summed E-state index contributed by atoms with van der Waals surface area (Å²) in [5.74, 6) is 3.22. The fourth-order valence-corrected chi connectivity index (χ4v) is 3.75. The molecule has 0 unspecified atom stereocenters. The highest BCUT2D eigenvalue weighted by molar-refractivity contribution is 7.85. The summed E-state index contributed by atoms with van der Waals surface area (Å²) in [7, 11) is 2.72. The van der Waals surface area contributed by atoms with Crippen LogP contribution in [0.4, 0.5) is 0 Å². The molecule has 0 spiro atoms. The maximum absolute atomic E-state index is 11.3. The first-order valence-electron chi connectivity index (χ1n) is 7.02. The van der Waals surface area contributed by atoms with E-state index in [0.717, 1.165) is 48.8 Å². The van der Waals surface area contributed by atoms with E-state index in [-0.39, 0.29) is 0 Å². The summed E-state index contributed by atoms with van der Waals surface area (Å²) < 4.78 is 21.8. The summed E-state index contributed by atoms with van der Waals surface area (Å²) in [6, 6.07) is 6.56. The van der Waals surface area contributed by atoms with Gasteiger partial charge in [0.2, 0.25) is 0 Å². The molecular weight excluding hydrogens is 274 g/mol. The Kier molecular flexibility index (Phi) is 5.86. The Morgan fingerprint density at radius 3 is 2.55 bits per heavy atom. The Labute approximate surface area is 123 Å². The molecule has 1 aromatic carbocycles. The van der Waals surface area contributed by atoms with Crippen LogP contribution in [0.15, 0.2) is 18.2 Å². The molecule has 112 valence electrons. The molecule has 1 N–H and O–H groups in total. The molecule has 0 saturated carbocycles. The van der Waals surface area contributed by atoms with E-state index in [1.54, 1.807) is 14.2 Å². The van der Waals surface area contributed by atoms with Gasteiger partial charge in [-0.15, -0.1) is 0 Å². The molecule has 1 aliphatic heterocycles. The van der Waals surface area contributed by atoms with Crippen LogP contribution in [-0.4, -0.2) is 42.5 Å². The summed E-state index contributed by atoms with van der Waals surface area (Å²) in [5.41, 5.74) is 1.23. The van der Waals surface area contributed by atoms with Crippen LogP contribution in [0.1, 0.15) is 18.4 Å². The smallest absolute Gasteiger partial charge is 0.160 e. The molecule has 20 heavy (non-hydrogen) atoms. The van der Waals surface area contributed by atoms with Crippen molar-refractivity contribution in [1.29, 1.82) is 0 Å². The van der Waals surface area contributed by atoms with E-state index in [9.17, 15) is 4.21 Å². The standard InChI is InChI=1S/C15H23NO3S/c1-18-14-4-3-12(11-15(14)19-2)5-8-16-13-6-9-20(17)10-7-13/h3-4,11,13,16H,5-10H2,1-2H3. The molecule has 5 heteroatoms. The van der Waals surface area contributed by atoms with Crippen LogP contribution in [0.3, 0.4) is 0 Å². The van der Waals surface area contributed by atoms with Crippen molar-refractivity contribution in [3.63, 3.8) is 0 Å². The molecule has 1 aliphatic rings. The van der Waals surface area contributed by atoms with Crippen molar-refractivity contribution in [2.75, 3.05) is 32.3 Å². The van der Waals surface area contributed by atoms with Crippen LogP contribution in [0, 0.1) is 0 Å². The zero-order valence-corrected chi connectivity index (χ0v) is 13.0. The van der Waals surface area contributed by atoms with Crippen molar-refractivity contribution in [3.05, 3.63) is 23.8 Å². The van der Waals surface area contributed by atoms with E-state index >= 15 is 0 Å².